The van der Waals surface area contributed by atoms with E-state index >= 15 is 0 Å². The first kappa shape index (κ1) is 24.6. The lowest BCUT2D eigenvalue weighted by Crippen LogP contribution is -2.50. The van der Waals surface area contributed by atoms with Crippen molar-refractivity contribution in [3.05, 3.63) is 41.5 Å². The molecule has 200 valence electrons. The van der Waals surface area contributed by atoms with E-state index in [-0.39, 0.29) is 35.9 Å². The van der Waals surface area contributed by atoms with Crippen LogP contribution in [0.2, 0.25) is 0 Å². The number of carbonyl (C=O) groups excluding carboxylic acids is 2. The fraction of sp³-hybridized carbons (Fsp3) is 0.519. The number of nitrogens with zero attached hydrogens (tertiary/aromatic N) is 2. The van der Waals surface area contributed by atoms with Crippen molar-refractivity contribution in [3.8, 4) is 5.75 Å². The third kappa shape index (κ3) is 4.24. The minimum atomic E-state index is -0.678. The van der Waals surface area contributed by atoms with E-state index in [4.69, 9.17) is 4.74 Å². The first-order valence-corrected chi connectivity index (χ1v) is 13.2. The number of hydrogen-bond donors (Lipinski definition) is 5. The highest BCUT2D eigenvalue weighted by atomic mass is 16.5. The lowest BCUT2D eigenvalue weighted by Gasteiger charge is -2.51. The van der Waals surface area contributed by atoms with Crippen molar-refractivity contribution >= 4 is 29.2 Å². The Morgan fingerprint density at radius 1 is 1.18 bits per heavy atom. The third-order valence-corrected chi connectivity index (χ3v) is 8.97. The van der Waals surface area contributed by atoms with Crippen molar-refractivity contribution in [2.45, 2.75) is 57.5 Å². The first-order chi connectivity index (χ1) is 18.3. The second kappa shape index (κ2) is 9.23. The summed E-state index contributed by atoms with van der Waals surface area (Å²) in [4.78, 5) is 45.4. The van der Waals surface area contributed by atoms with Gasteiger partial charge in [-0.25, -0.2) is 9.97 Å². The predicted octanol–water partition coefficient (Wildman–Crippen LogP) is 2.78. The summed E-state index contributed by atoms with van der Waals surface area (Å²) in [5.74, 6) is -0.446. The Hall–Kier alpha value is -3.73. The summed E-state index contributed by atoms with van der Waals surface area (Å²) in [5.41, 5.74) is 2.74. The first-order valence-electron chi connectivity index (χ1n) is 13.2. The molecule has 38 heavy (non-hydrogen) atoms. The minimum absolute atomic E-state index is 0.0205. The molecule has 3 fully saturated rings. The lowest BCUT2D eigenvalue weighted by molar-refractivity contribution is -0.158. The molecule has 11 heteroatoms. The molecule has 2 amide bonds. The summed E-state index contributed by atoms with van der Waals surface area (Å²) in [6.45, 7) is 3.14. The van der Waals surface area contributed by atoms with E-state index in [2.05, 4.69) is 31.2 Å². The van der Waals surface area contributed by atoms with Gasteiger partial charge in [-0.15, -0.1) is 0 Å². The number of nitrogens with one attached hydrogen (secondary N) is 4. The molecular formula is C27H32N6O5. The molecule has 0 radical (unpaired) electrons. The number of ether oxygens (including phenoxy) is 1. The molecule has 5 aliphatic rings. The number of benzene rings is 1. The number of aliphatic carboxylic acids is 1. The normalized spacial score (nSPS) is 27.8. The summed E-state index contributed by atoms with van der Waals surface area (Å²) in [6, 6.07) is 5.54. The van der Waals surface area contributed by atoms with Crippen molar-refractivity contribution in [2.75, 3.05) is 30.3 Å². The molecular weight excluding hydrogens is 488 g/mol. The summed E-state index contributed by atoms with van der Waals surface area (Å²) < 4.78 is 5.45. The summed E-state index contributed by atoms with van der Waals surface area (Å²) in [6.07, 6.45) is 5.92. The van der Waals surface area contributed by atoms with Gasteiger partial charge in [0.25, 0.3) is 11.8 Å². The minimum Gasteiger partial charge on any atom is -0.482 e. The van der Waals surface area contributed by atoms with Crippen molar-refractivity contribution < 1.29 is 24.2 Å². The van der Waals surface area contributed by atoms with Gasteiger partial charge in [0, 0.05) is 19.1 Å². The van der Waals surface area contributed by atoms with Crippen LogP contribution in [0.15, 0.2) is 24.5 Å². The fourth-order valence-corrected chi connectivity index (χ4v) is 6.42. The van der Waals surface area contributed by atoms with Crippen LogP contribution in [0.25, 0.3) is 0 Å². The molecule has 2 atom stereocenters. The topological polar surface area (TPSA) is 155 Å². The van der Waals surface area contributed by atoms with Gasteiger partial charge >= 0.3 is 5.97 Å². The Morgan fingerprint density at radius 3 is 2.68 bits per heavy atom. The van der Waals surface area contributed by atoms with Crippen LogP contribution in [-0.2, 0) is 9.59 Å². The van der Waals surface area contributed by atoms with Crippen molar-refractivity contribution in [1.82, 2.24) is 20.6 Å². The molecule has 11 nitrogen and oxygen atoms in total. The smallest absolute Gasteiger partial charge is 0.309 e. The van der Waals surface area contributed by atoms with Gasteiger partial charge in [-0.1, -0.05) is 6.07 Å². The number of carbonyl (C=O) groups is 3. The van der Waals surface area contributed by atoms with Gasteiger partial charge in [0.1, 0.15) is 12.1 Å². The highest BCUT2D eigenvalue weighted by molar-refractivity contribution is 5.98. The molecule has 3 aliphatic carbocycles. The fourth-order valence-electron chi connectivity index (χ4n) is 6.42. The van der Waals surface area contributed by atoms with Gasteiger partial charge in [-0.3, -0.25) is 14.4 Å². The predicted molar refractivity (Wildman–Crippen MR) is 138 cm³/mol. The number of fused-ring (bicyclic) bond motifs is 5. The SMILES string of the molecule is CC(NC1CNc2c(C(=O)NCC34CCC(C(=O)O)(CC3)CC4)ncnc21)c1ccc2c(c1)NC(=O)CO2. The Labute approximate surface area is 220 Å². The van der Waals surface area contributed by atoms with Crippen molar-refractivity contribution in [3.63, 3.8) is 0 Å². The van der Waals surface area contributed by atoms with E-state index in [1.54, 1.807) is 0 Å². The van der Waals surface area contributed by atoms with Gasteiger partial charge < -0.3 is 31.1 Å². The second-order valence-corrected chi connectivity index (χ2v) is 11.2. The number of carboxylic acids is 1. The zero-order valence-corrected chi connectivity index (χ0v) is 21.3. The van der Waals surface area contributed by atoms with Gasteiger partial charge in [-0.05, 0) is 68.6 Å². The molecule has 2 unspecified atom stereocenters. The van der Waals surface area contributed by atoms with Crippen LogP contribution in [0, 0.1) is 10.8 Å². The van der Waals surface area contributed by atoms with Crippen LogP contribution in [0.3, 0.4) is 0 Å². The largest absolute Gasteiger partial charge is 0.482 e. The molecule has 0 spiro atoms. The maximum Gasteiger partial charge on any atom is 0.309 e. The van der Waals surface area contributed by atoms with Crippen molar-refractivity contribution in [2.24, 2.45) is 10.8 Å². The monoisotopic (exact) mass is 520 g/mol. The maximum absolute atomic E-state index is 13.2. The summed E-state index contributed by atoms with van der Waals surface area (Å²) in [7, 11) is 0. The molecule has 2 aliphatic heterocycles. The van der Waals surface area contributed by atoms with Crippen LogP contribution in [-0.4, -0.2) is 52.6 Å². The Balaban J connectivity index is 1.11. The summed E-state index contributed by atoms with van der Waals surface area (Å²) in [5, 5.41) is 22.4. The lowest BCUT2D eigenvalue weighted by atomic mass is 9.53. The number of carboxylic acid groups (broad SMARTS) is 1. The van der Waals surface area contributed by atoms with E-state index in [1.165, 1.54) is 6.33 Å². The number of rotatable bonds is 7. The van der Waals surface area contributed by atoms with E-state index in [0.717, 1.165) is 30.5 Å². The van der Waals surface area contributed by atoms with Gasteiger partial charge in [0.05, 0.1) is 28.5 Å². The van der Waals surface area contributed by atoms with Gasteiger partial charge in [0.15, 0.2) is 12.3 Å². The van der Waals surface area contributed by atoms with Crippen LogP contribution in [0.5, 0.6) is 5.75 Å². The molecule has 2 aromatic rings. The average Bonchev–Trinajstić information content (AvgIpc) is 3.35. The van der Waals surface area contributed by atoms with Gasteiger partial charge in [-0.2, -0.15) is 0 Å². The molecule has 0 saturated heterocycles. The highest BCUT2D eigenvalue weighted by Crippen LogP contribution is 2.56. The molecule has 3 heterocycles. The Bertz CT molecular complexity index is 1290. The number of hydrogen-bond acceptors (Lipinski definition) is 8. The molecule has 3 saturated carbocycles. The number of aromatic nitrogens is 2. The second-order valence-electron chi connectivity index (χ2n) is 11.2. The highest BCUT2D eigenvalue weighted by Gasteiger charge is 2.52. The maximum atomic E-state index is 13.2. The molecule has 1 aromatic heterocycles. The zero-order valence-electron chi connectivity index (χ0n) is 21.3. The standard InChI is InChI=1S/C27H32N6O5/c1-15(16-2-3-19-17(10-16)33-20(34)12-38-19)32-18-11-28-22-21(18)30-14-31-23(22)24(35)29-13-26-4-7-27(8-5-26,9-6-26)25(36)37/h2-3,10,14-15,18,28,32H,4-9,11-13H2,1H3,(H,29,35)(H,33,34)(H,36,37). The van der Waals surface area contributed by atoms with Crippen LogP contribution in [0.4, 0.5) is 11.4 Å². The Kier molecular flexibility index (Phi) is 5.97. The van der Waals surface area contributed by atoms with Crippen LogP contribution < -0.4 is 26.0 Å². The van der Waals surface area contributed by atoms with E-state index in [9.17, 15) is 19.5 Å². The third-order valence-electron chi connectivity index (χ3n) is 8.97. The van der Waals surface area contributed by atoms with Crippen molar-refractivity contribution in [1.29, 1.82) is 0 Å². The quantitative estimate of drug-likeness (QED) is 0.371. The summed E-state index contributed by atoms with van der Waals surface area (Å²) >= 11 is 0. The average molecular weight is 521 g/mol. The molecule has 7 rings (SSSR count). The number of anilines is 2. The molecule has 1 aromatic carbocycles. The molecule has 5 N–H and O–H groups in total. The Morgan fingerprint density at radius 2 is 1.95 bits per heavy atom. The van der Waals surface area contributed by atoms with E-state index in [0.29, 0.717) is 55.2 Å². The van der Waals surface area contributed by atoms with Crippen LogP contribution in [0.1, 0.15) is 79.3 Å². The van der Waals surface area contributed by atoms with Crippen LogP contribution >= 0.6 is 0 Å². The van der Waals surface area contributed by atoms with Gasteiger partial charge in [0.2, 0.25) is 0 Å². The van der Waals surface area contributed by atoms with E-state index < -0.39 is 11.4 Å². The molecule has 2 bridgehead atoms. The van der Waals surface area contributed by atoms with E-state index in [1.807, 2.05) is 25.1 Å². The number of amides is 2. The zero-order chi connectivity index (χ0) is 26.5.